The number of thioether (sulfide) groups is 1. The molecule has 0 saturated heterocycles. The molecule has 0 spiro atoms. The van der Waals surface area contributed by atoms with Crippen LogP contribution in [0.15, 0.2) is 18.2 Å². The SMILES string of the molecule is Cc1cc(C)cc(CSCC(N)C#N)c1. The molecule has 0 heterocycles. The summed E-state index contributed by atoms with van der Waals surface area (Å²) in [6, 6.07) is 8.20. The summed E-state index contributed by atoms with van der Waals surface area (Å²) >= 11 is 1.71. The average Bonchev–Trinajstić information content (AvgIpc) is 2.16. The van der Waals surface area contributed by atoms with Crippen LogP contribution in [0.4, 0.5) is 0 Å². The number of hydrogen-bond donors (Lipinski definition) is 1. The van der Waals surface area contributed by atoms with E-state index < -0.39 is 0 Å². The summed E-state index contributed by atoms with van der Waals surface area (Å²) in [6.07, 6.45) is 0. The van der Waals surface area contributed by atoms with Crippen LogP contribution in [0.3, 0.4) is 0 Å². The summed E-state index contributed by atoms with van der Waals surface area (Å²) in [4.78, 5) is 0. The summed E-state index contributed by atoms with van der Waals surface area (Å²) in [7, 11) is 0. The van der Waals surface area contributed by atoms with Crippen LogP contribution in [-0.4, -0.2) is 11.8 Å². The van der Waals surface area contributed by atoms with E-state index in [1.165, 1.54) is 16.7 Å². The molecule has 1 aromatic rings. The van der Waals surface area contributed by atoms with Crippen LogP contribution in [0.1, 0.15) is 16.7 Å². The van der Waals surface area contributed by atoms with Crippen LogP contribution in [0.2, 0.25) is 0 Å². The summed E-state index contributed by atoms with van der Waals surface area (Å²) in [5.41, 5.74) is 9.40. The Labute approximate surface area is 95.5 Å². The smallest absolute Gasteiger partial charge is 0.102 e. The third kappa shape index (κ3) is 4.37. The lowest BCUT2D eigenvalue weighted by Crippen LogP contribution is -2.19. The Morgan fingerprint density at radius 1 is 1.33 bits per heavy atom. The van der Waals surface area contributed by atoms with E-state index in [4.69, 9.17) is 11.0 Å². The first kappa shape index (κ1) is 12.1. The zero-order valence-corrected chi connectivity index (χ0v) is 9.97. The van der Waals surface area contributed by atoms with Gasteiger partial charge in [0.2, 0.25) is 0 Å². The Bertz CT molecular complexity index is 348. The molecule has 0 bridgehead atoms. The Kier molecular flexibility index (Phi) is 4.67. The first-order valence-electron chi connectivity index (χ1n) is 4.92. The molecule has 1 rings (SSSR count). The van der Waals surface area contributed by atoms with Crippen molar-refractivity contribution in [3.8, 4) is 6.07 Å². The van der Waals surface area contributed by atoms with Crippen molar-refractivity contribution >= 4 is 11.8 Å². The van der Waals surface area contributed by atoms with Crippen molar-refractivity contribution in [1.29, 1.82) is 5.26 Å². The quantitative estimate of drug-likeness (QED) is 0.847. The molecule has 80 valence electrons. The molecule has 1 atom stereocenters. The molecule has 0 aliphatic heterocycles. The molecule has 1 unspecified atom stereocenters. The molecule has 0 aliphatic rings. The number of benzene rings is 1. The molecule has 0 radical (unpaired) electrons. The van der Waals surface area contributed by atoms with Crippen LogP contribution in [0.25, 0.3) is 0 Å². The minimum absolute atomic E-state index is 0.346. The van der Waals surface area contributed by atoms with Gasteiger partial charge in [0.25, 0.3) is 0 Å². The van der Waals surface area contributed by atoms with E-state index in [-0.39, 0.29) is 6.04 Å². The Morgan fingerprint density at radius 3 is 2.47 bits per heavy atom. The van der Waals surface area contributed by atoms with Gasteiger partial charge in [-0.2, -0.15) is 17.0 Å². The van der Waals surface area contributed by atoms with E-state index in [2.05, 4.69) is 32.0 Å². The highest BCUT2D eigenvalue weighted by molar-refractivity contribution is 7.98. The maximum absolute atomic E-state index is 8.53. The Morgan fingerprint density at radius 2 is 1.93 bits per heavy atom. The fourth-order valence-corrected chi connectivity index (χ4v) is 2.34. The molecule has 0 fully saturated rings. The van der Waals surface area contributed by atoms with Gasteiger partial charge >= 0.3 is 0 Å². The minimum Gasteiger partial charge on any atom is -0.315 e. The van der Waals surface area contributed by atoms with E-state index in [1.807, 2.05) is 6.07 Å². The zero-order valence-electron chi connectivity index (χ0n) is 9.16. The number of nitriles is 1. The highest BCUT2D eigenvalue weighted by atomic mass is 32.2. The first-order chi connectivity index (χ1) is 7.11. The van der Waals surface area contributed by atoms with Crippen molar-refractivity contribution in [3.63, 3.8) is 0 Å². The van der Waals surface area contributed by atoms with Crippen molar-refractivity contribution in [3.05, 3.63) is 34.9 Å². The fraction of sp³-hybridized carbons (Fsp3) is 0.417. The van der Waals surface area contributed by atoms with Gasteiger partial charge in [0.15, 0.2) is 0 Å². The largest absolute Gasteiger partial charge is 0.315 e. The van der Waals surface area contributed by atoms with Crippen molar-refractivity contribution < 1.29 is 0 Å². The zero-order chi connectivity index (χ0) is 11.3. The molecule has 15 heavy (non-hydrogen) atoms. The van der Waals surface area contributed by atoms with Gasteiger partial charge in [0.1, 0.15) is 6.04 Å². The van der Waals surface area contributed by atoms with E-state index in [9.17, 15) is 0 Å². The molecular weight excluding hydrogens is 204 g/mol. The van der Waals surface area contributed by atoms with Crippen LogP contribution in [-0.2, 0) is 5.75 Å². The maximum Gasteiger partial charge on any atom is 0.102 e. The molecule has 2 nitrogen and oxygen atoms in total. The molecule has 0 aromatic heterocycles. The lowest BCUT2D eigenvalue weighted by atomic mass is 10.1. The Hall–Kier alpha value is -0.980. The number of aryl methyl sites for hydroxylation is 2. The van der Waals surface area contributed by atoms with E-state index in [0.717, 1.165) is 5.75 Å². The van der Waals surface area contributed by atoms with Gasteiger partial charge in [-0.15, -0.1) is 0 Å². The molecule has 3 heteroatoms. The topological polar surface area (TPSA) is 49.8 Å². The first-order valence-corrected chi connectivity index (χ1v) is 6.07. The van der Waals surface area contributed by atoms with Crippen molar-refractivity contribution in [2.24, 2.45) is 5.73 Å². The van der Waals surface area contributed by atoms with Gasteiger partial charge in [-0.05, 0) is 19.4 Å². The number of hydrogen-bond acceptors (Lipinski definition) is 3. The van der Waals surface area contributed by atoms with Gasteiger partial charge < -0.3 is 5.73 Å². The second-order valence-corrected chi connectivity index (χ2v) is 4.78. The number of rotatable bonds is 4. The van der Waals surface area contributed by atoms with Crippen LogP contribution in [0.5, 0.6) is 0 Å². The normalized spacial score (nSPS) is 12.1. The predicted molar refractivity (Wildman–Crippen MR) is 65.7 cm³/mol. The lowest BCUT2D eigenvalue weighted by molar-refractivity contribution is 0.953. The van der Waals surface area contributed by atoms with E-state index in [1.54, 1.807) is 11.8 Å². The van der Waals surface area contributed by atoms with Gasteiger partial charge in [0.05, 0.1) is 6.07 Å². The van der Waals surface area contributed by atoms with Crippen LogP contribution in [0, 0.1) is 25.2 Å². The summed E-state index contributed by atoms with van der Waals surface area (Å²) in [5.74, 6) is 1.63. The molecule has 2 N–H and O–H groups in total. The summed E-state index contributed by atoms with van der Waals surface area (Å²) < 4.78 is 0. The second-order valence-electron chi connectivity index (χ2n) is 3.75. The molecule has 0 aliphatic carbocycles. The number of nitrogens with zero attached hydrogens (tertiary/aromatic N) is 1. The predicted octanol–water partition coefficient (Wildman–Crippen LogP) is 2.39. The van der Waals surface area contributed by atoms with Crippen molar-refractivity contribution in [2.45, 2.75) is 25.6 Å². The van der Waals surface area contributed by atoms with Crippen molar-refractivity contribution in [1.82, 2.24) is 0 Å². The van der Waals surface area contributed by atoms with Gasteiger partial charge in [-0.3, -0.25) is 0 Å². The van der Waals surface area contributed by atoms with Crippen LogP contribution >= 0.6 is 11.8 Å². The monoisotopic (exact) mass is 220 g/mol. The molecule has 0 amide bonds. The highest BCUT2D eigenvalue weighted by Crippen LogP contribution is 2.16. The number of nitrogens with two attached hydrogens (primary N) is 1. The van der Waals surface area contributed by atoms with Gasteiger partial charge in [0, 0.05) is 11.5 Å². The third-order valence-electron chi connectivity index (χ3n) is 2.01. The summed E-state index contributed by atoms with van der Waals surface area (Å²) in [6.45, 7) is 4.20. The molecule has 1 aromatic carbocycles. The molecular formula is C12H16N2S. The minimum atomic E-state index is -0.346. The molecule has 0 saturated carbocycles. The fourth-order valence-electron chi connectivity index (χ4n) is 1.49. The van der Waals surface area contributed by atoms with E-state index in [0.29, 0.717) is 5.75 Å². The van der Waals surface area contributed by atoms with Crippen LogP contribution < -0.4 is 5.73 Å². The van der Waals surface area contributed by atoms with Crippen molar-refractivity contribution in [2.75, 3.05) is 5.75 Å². The second kappa shape index (κ2) is 5.79. The van der Waals surface area contributed by atoms with E-state index >= 15 is 0 Å². The summed E-state index contributed by atoms with van der Waals surface area (Å²) in [5, 5.41) is 8.53. The van der Waals surface area contributed by atoms with Gasteiger partial charge in [-0.25, -0.2) is 0 Å². The lowest BCUT2D eigenvalue weighted by Gasteiger charge is -2.05. The maximum atomic E-state index is 8.53. The standard InChI is InChI=1S/C12H16N2S/c1-9-3-10(2)5-11(4-9)7-15-8-12(14)6-13/h3-5,12H,7-8,14H2,1-2H3. The third-order valence-corrected chi connectivity index (χ3v) is 3.15. The van der Waals surface area contributed by atoms with Gasteiger partial charge in [-0.1, -0.05) is 29.3 Å². The highest BCUT2D eigenvalue weighted by Gasteiger charge is 2.01. The average molecular weight is 220 g/mol. The Balaban J connectivity index is 2.48.